The maximum absolute atomic E-state index is 12.7. The molecule has 0 spiro atoms. The van der Waals surface area contributed by atoms with Gasteiger partial charge in [0, 0.05) is 17.5 Å². The van der Waals surface area contributed by atoms with Gasteiger partial charge in [-0.2, -0.15) is 18.4 Å². The average Bonchev–Trinajstić information content (AvgIpc) is 2.67. The molecule has 7 heteroatoms. The standard InChI is InChI=1S/C21H15F3N2O2/c22-21(23,24)16-6-8-17(9-7-16)28-19-4-1-3-14-13-15(5-10-18(14)19)20(27)26-12-2-11-25/h1,3-10,13H,2,12H2,(H,26,27). The molecule has 1 N–H and O–H groups in total. The smallest absolute Gasteiger partial charge is 0.416 e. The first kappa shape index (κ1) is 19.2. The van der Waals surface area contributed by atoms with Crippen molar-refractivity contribution in [1.82, 2.24) is 5.32 Å². The van der Waals surface area contributed by atoms with E-state index in [4.69, 9.17) is 10.00 Å². The van der Waals surface area contributed by atoms with Crippen LogP contribution >= 0.6 is 0 Å². The third-order valence-corrected chi connectivity index (χ3v) is 4.03. The molecule has 0 aliphatic heterocycles. The fourth-order valence-corrected chi connectivity index (χ4v) is 2.66. The number of benzene rings is 3. The number of nitrogens with one attached hydrogen (secondary N) is 1. The van der Waals surface area contributed by atoms with Gasteiger partial charge >= 0.3 is 6.18 Å². The topological polar surface area (TPSA) is 62.1 Å². The first-order valence-corrected chi connectivity index (χ1v) is 8.41. The van der Waals surface area contributed by atoms with Crippen molar-refractivity contribution >= 4 is 16.7 Å². The summed E-state index contributed by atoms with van der Waals surface area (Å²) in [6, 6.07) is 16.7. The minimum Gasteiger partial charge on any atom is -0.457 e. The van der Waals surface area contributed by atoms with E-state index in [1.165, 1.54) is 12.1 Å². The molecule has 3 aromatic carbocycles. The van der Waals surface area contributed by atoms with Crippen LogP contribution in [0.25, 0.3) is 10.8 Å². The molecule has 3 rings (SSSR count). The van der Waals surface area contributed by atoms with Gasteiger partial charge in [-0.1, -0.05) is 12.1 Å². The molecule has 3 aromatic rings. The molecule has 0 radical (unpaired) electrons. The molecule has 0 aliphatic carbocycles. The van der Waals surface area contributed by atoms with Crippen LogP contribution in [0.5, 0.6) is 11.5 Å². The normalized spacial score (nSPS) is 11.1. The van der Waals surface area contributed by atoms with E-state index in [1.54, 1.807) is 36.4 Å². The zero-order valence-electron chi connectivity index (χ0n) is 14.6. The molecule has 0 atom stereocenters. The SMILES string of the molecule is N#CCCNC(=O)c1ccc2c(Oc3ccc(C(F)(F)F)cc3)cccc2c1. The quantitative estimate of drug-likeness (QED) is 0.608. The molecule has 142 valence electrons. The summed E-state index contributed by atoms with van der Waals surface area (Å²) in [5, 5.41) is 12.6. The Morgan fingerprint density at radius 2 is 1.82 bits per heavy atom. The van der Waals surface area contributed by atoms with Crippen LogP contribution in [0.4, 0.5) is 13.2 Å². The Bertz CT molecular complexity index is 1040. The van der Waals surface area contributed by atoms with E-state index in [-0.39, 0.29) is 24.6 Å². The Kier molecular flexibility index (Phi) is 5.50. The molecular weight excluding hydrogens is 369 g/mol. The molecule has 0 aromatic heterocycles. The van der Waals surface area contributed by atoms with E-state index >= 15 is 0 Å². The zero-order valence-corrected chi connectivity index (χ0v) is 14.6. The van der Waals surface area contributed by atoms with Gasteiger partial charge in [-0.05, 0) is 53.9 Å². The van der Waals surface area contributed by atoms with Crippen molar-refractivity contribution in [3.63, 3.8) is 0 Å². The molecule has 0 fully saturated rings. The number of fused-ring (bicyclic) bond motifs is 1. The van der Waals surface area contributed by atoms with Crippen LogP contribution in [0, 0.1) is 11.3 Å². The Hall–Kier alpha value is -3.53. The second-order valence-electron chi connectivity index (χ2n) is 5.98. The minimum atomic E-state index is -4.40. The average molecular weight is 384 g/mol. The summed E-state index contributed by atoms with van der Waals surface area (Å²) in [7, 11) is 0. The Labute approximate surface area is 159 Å². The summed E-state index contributed by atoms with van der Waals surface area (Å²) in [5.74, 6) is 0.457. The molecule has 0 unspecified atom stereocenters. The maximum atomic E-state index is 12.7. The zero-order chi connectivity index (χ0) is 20.1. The molecule has 0 saturated carbocycles. The molecule has 0 heterocycles. The Morgan fingerprint density at radius 3 is 2.50 bits per heavy atom. The van der Waals surface area contributed by atoms with Crippen molar-refractivity contribution in [1.29, 1.82) is 5.26 Å². The predicted molar refractivity (Wildman–Crippen MR) is 98.0 cm³/mol. The Balaban J connectivity index is 1.83. The predicted octanol–water partition coefficient (Wildman–Crippen LogP) is 5.29. The van der Waals surface area contributed by atoms with Crippen LogP contribution in [-0.2, 0) is 6.18 Å². The number of hydrogen-bond acceptors (Lipinski definition) is 3. The largest absolute Gasteiger partial charge is 0.457 e. The lowest BCUT2D eigenvalue weighted by molar-refractivity contribution is -0.137. The monoisotopic (exact) mass is 384 g/mol. The van der Waals surface area contributed by atoms with Gasteiger partial charge in [0.2, 0.25) is 0 Å². The number of rotatable bonds is 5. The number of hydrogen-bond donors (Lipinski definition) is 1. The molecule has 0 aliphatic rings. The van der Waals surface area contributed by atoms with Crippen LogP contribution in [0.2, 0.25) is 0 Å². The lowest BCUT2D eigenvalue weighted by Crippen LogP contribution is -2.24. The highest BCUT2D eigenvalue weighted by Gasteiger charge is 2.30. The summed E-state index contributed by atoms with van der Waals surface area (Å²) in [5.41, 5.74) is -0.304. The number of ether oxygens (including phenoxy) is 1. The summed E-state index contributed by atoms with van der Waals surface area (Å²) >= 11 is 0. The highest BCUT2D eigenvalue weighted by Crippen LogP contribution is 2.33. The number of amides is 1. The Morgan fingerprint density at radius 1 is 1.07 bits per heavy atom. The molecule has 0 saturated heterocycles. The summed E-state index contributed by atoms with van der Waals surface area (Å²) in [4.78, 5) is 12.1. The van der Waals surface area contributed by atoms with Crippen molar-refractivity contribution in [2.75, 3.05) is 6.54 Å². The van der Waals surface area contributed by atoms with Crippen LogP contribution in [0.15, 0.2) is 60.7 Å². The summed E-state index contributed by atoms with van der Waals surface area (Å²) < 4.78 is 43.7. The second-order valence-corrected chi connectivity index (χ2v) is 5.98. The number of nitrogens with zero attached hydrogens (tertiary/aromatic N) is 1. The van der Waals surface area contributed by atoms with Gasteiger partial charge in [0.15, 0.2) is 0 Å². The van der Waals surface area contributed by atoms with E-state index in [1.807, 2.05) is 6.07 Å². The number of carbonyl (C=O) groups is 1. The molecule has 0 bridgehead atoms. The van der Waals surface area contributed by atoms with Crippen LogP contribution in [0.3, 0.4) is 0 Å². The number of carbonyl (C=O) groups excluding carboxylic acids is 1. The van der Waals surface area contributed by atoms with Gasteiger partial charge in [0.25, 0.3) is 5.91 Å². The highest BCUT2D eigenvalue weighted by molar-refractivity contribution is 5.99. The van der Waals surface area contributed by atoms with Gasteiger partial charge in [-0.15, -0.1) is 0 Å². The van der Waals surface area contributed by atoms with Crippen molar-refractivity contribution in [2.45, 2.75) is 12.6 Å². The van der Waals surface area contributed by atoms with E-state index in [2.05, 4.69) is 5.32 Å². The lowest BCUT2D eigenvalue weighted by atomic mass is 10.1. The fraction of sp³-hybridized carbons (Fsp3) is 0.143. The minimum absolute atomic E-state index is 0.227. The van der Waals surface area contributed by atoms with Gasteiger partial charge in [-0.3, -0.25) is 4.79 Å². The van der Waals surface area contributed by atoms with Crippen molar-refractivity contribution < 1.29 is 22.7 Å². The van der Waals surface area contributed by atoms with E-state index in [0.717, 1.165) is 22.9 Å². The maximum Gasteiger partial charge on any atom is 0.416 e. The number of halogens is 3. The van der Waals surface area contributed by atoms with Gasteiger partial charge in [-0.25, -0.2) is 0 Å². The van der Waals surface area contributed by atoms with Crippen LogP contribution < -0.4 is 10.1 Å². The summed E-state index contributed by atoms with van der Waals surface area (Å²) in [6.45, 7) is 0.268. The lowest BCUT2D eigenvalue weighted by Gasteiger charge is -2.11. The summed E-state index contributed by atoms with van der Waals surface area (Å²) in [6.07, 6.45) is -4.17. The number of alkyl halides is 3. The van der Waals surface area contributed by atoms with Crippen LogP contribution in [-0.4, -0.2) is 12.5 Å². The van der Waals surface area contributed by atoms with Crippen molar-refractivity contribution in [2.24, 2.45) is 0 Å². The number of nitriles is 1. The fourth-order valence-electron chi connectivity index (χ4n) is 2.66. The van der Waals surface area contributed by atoms with E-state index < -0.39 is 11.7 Å². The van der Waals surface area contributed by atoms with Gasteiger partial charge in [0.1, 0.15) is 11.5 Å². The second kappa shape index (κ2) is 8.01. The first-order valence-electron chi connectivity index (χ1n) is 8.41. The molecule has 28 heavy (non-hydrogen) atoms. The van der Waals surface area contributed by atoms with E-state index in [9.17, 15) is 18.0 Å². The van der Waals surface area contributed by atoms with Gasteiger partial charge < -0.3 is 10.1 Å². The van der Waals surface area contributed by atoms with Gasteiger partial charge in [0.05, 0.1) is 18.1 Å². The van der Waals surface area contributed by atoms with Crippen molar-refractivity contribution in [3.05, 3.63) is 71.8 Å². The van der Waals surface area contributed by atoms with Crippen LogP contribution in [0.1, 0.15) is 22.3 Å². The highest BCUT2D eigenvalue weighted by atomic mass is 19.4. The third kappa shape index (κ3) is 4.41. The molecule has 1 amide bonds. The van der Waals surface area contributed by atoms with E-state index in [0.29, 0.717) is 11.3 Å². The molecular formula is C21H15F3N2O2. The third-order valence-electron chi connectivity index (χ3n) is 4.03. The van der Waals surface area contributed by atoms with Crippen molar-refractivity contribution in [3.8, 4) is 17.6 Å². The molecule has 4 nitrogen and oxygen atoms in total. The first-order chi connectivity index (χ1) is 13.4.